The van der Waals surface area contributed by atoms with Crippen LogP contribution in [0.25, 0.3) is 0 Å². The van der Waals surface area contributed by atoms with Crippen LogP contribution in [0, 0.1) is 0 Å². The van der Waals surface area contributed by atoms with Crippen LogP contribution in [0.5, 0.6) is 0 Å². The Morgan fingerprint density at radius 3 is 1.64 bits per heavy atom. The van der Waals surface area contributed by atoms with Crippen molar-refractivity contribution in [2.45, 2.75) is 103 Å². The summed E-state index contributed by atoms with van der Waals surface area (Å²) in [5, 5.41) is 14.0. The van der Waals surface area contributed by atoms with Gasteiger partial charge < -0.3 is 15.7 Å². The van der Waals surface area contributed by atoms with E-state index >= 15 is 0 Å². The number of carbonyl (C=O) groups excluding carboxylic acids is 1. The summed E-state index contributed by atoms with van der Waals surface area (Å²) in [6.45, 7) is 4.60. The monoisotopic (exact) mass is 378 g/mol. The molecular weight excluding hydrogens is 340 g/mol. The minimum Gasteiger partial charge on any atom is -0.480 e. The van der Waals surface area contributed by atoms with E-state index in [0.29, 0.717) is 13.0 Å². The number of halogens is 1. The number of unbranched alkanes of at least 4 members (excludes halogenated alkanes) is 11. The molecule has 5 nitrogen and oxygen atoms in total. The molecule has 0 bridgehead atoms. The number of hydrogen-bond donors (Lipinski definition) is 3. The van der Waals surface area contributed by atoms with E-state index in [9.17, 15) is 9.59 Å². The first-order valence-electron chi connectivity index (χ1n) is 9.89. The zero-order valence-corrected chi connectivity index (χ0v) is 17.0. The Labute approximate surface area is 160 Å². The molecule has 0 aliphatic heterocycles. The number of rotatable bonds is 16. The van der Waals surface area contributed by atoms with Gasteiger partial charge in [0.05, 0.1) is 0 Å². The van der Waals surface area contributed by atoms with E-state index in [0.717, 1.165) is 12.8 Å². The minimum absolute atomic E-state index is 0. The number of nitrogens with one attached hydrogen (secondary N) is 2. The lowest BCUT2D eigenvalue weighted by Gasteiger charge is -2.13. The highest BCUT2D eigenvalue weighted by molar-refractivity contribution is 5.85. The maximum atomic E-state index is 11.5. The van der Waals surface area contributed by atoms with Gasteiger partial charge in [0.2, 0.25) is 0 Å². The third-order valence-electron chi connectivity index (χ3n) is 4.33. The zero-order valence-electron chi connectivity index (χ0n) is 16.1. The van der Waals surface area contributed by atoms with Gasteiger partial charge in [-0.05, 0) is 12.8 Å². The van der Waals surface area contributed by atoms with Gasteiger partial charge in [0.25, 0.3) is 0 Å². The topological polar surface area (TPSA) is 78.4 Å². The normalized spacial score (nSPS) is 11.4. The van der Waals surface area contributed by atoms with Crippen LogP contribution in [0.2, 0.25) is 0 Å². The molecule has 2 amide bonds. The van der Waals surface area contributed by atoms with E-state index in [4.69, 9.17) is 5.11 Å². The molecule has 0 aliphatic rings. The lowest BCUT2D eigenvalue weighted by Crippen LogP contribution is -2.45. The summed E-state index contributed by atoms with van der Waals surface area (Å²) in [4.78, 5) is 22.3. The third kappa shape index (κ3) is 17.6. The predicted octanol–water partition coefficient (Wildman–Crippen LogP) is 5.27. The molecule has 0 aromatic carbocycles. The lowest BCUT2D eigenvalue weighted by atomic mass is 10.1. The molecule has 0 radical (unpaired) electrons. The van der Waals surface area contributed by atoms with Gasteiger partial charge >= 0.3 is 12.0 Å². The van der Waals surface area contributed by atoms with Gasteiger partial charge in [-0.2, -0.15) is 0 Å². The third-order valence-corrected chi connectivity index (χ3v) is 4.33. The molecule has 0 fully saturated rings. The highest BCUT2D eigenvalue weighted by Gasteiger charge is 2.16. The Kier molecular flexibility index (Phi) is 20.3. The summed E-state index contributed by atoms with van der Waals surface area (Å²) < 4.78 is 0. The summed E-state index contributed by atoms with van der Waals surface area (Å²) >= 11 is 0. The second-order valence-corrected chi connectivity index (χ2v) is 6.59. The predicted molar refractivity (Wildman–Crippen MR) is 107 cm³/mol. The molecule has 3 N–H and O–H groups in total. The molecular formula is C19H39ClN2O3. The summed E-state index contributed by atoms with van der Waals surface area (Å²) in [6, 6.07) is -1.18. The van der Waals surface area contributed by atoms with Crippen LogP contribution in [0.3, 0.4) is 0 Å². The van der Waals surface area contributed by atoms with Crippen LogP contribution in [0.1, 0.15) is 97.3 Å². The van der Waals surface area contributed by atoms with Gasteiger partial charge in [-0.3, -0.25) is 0 Å². The van der Waals surface area contributed by atoms with Gasteiger partial charge in [-0.25, -0.2) is 9.59 Å². The second kappa shape index (κ2) is 19.4. The maximum Gasteiger partial charge on any atom is 0.326 e. The fourth-order valence-electron chi connectivity index (χ4n) is 2.72. The molecule has 0 spiro atoms. The number of carbonyl (C=O) groups is 2. The number of carboxylic acids is 1. The molecule has 0 saturated carbocycles. The van der Waals surface area contributed by atoms with Crippen molar-refractivity contribution in [1.82, 2.24) is 10.6 Å². The highest BCUT2D eigenvalue weighted by atomic mass is 35.5. The van der Waals surface area contributed by atoms with Crippen molar-refractivity contribution in [2.24, 2.45) is 0 Å². The van der Waals surface area contributed by atoms with Gasteiger partial charge in [0, 0.05) is 6.54 Å². The van der Waals surface area contributed by atoms with Crippen LogP contribution in [-0.4, -0.2) is 29.7 Å². The average Bonchev–Trinajstić information content (AvgIpc) is 2.56. The molecule has 25 heavy (non-hydrogen) atoms. The number of carboxylic acid groups (broad SMARTS) is 1. The van der Waals surface area contributed by atoms with E-state index in [-0.39, 0.29) is 18.4 Å². The van der Waals surface area contributed by atoms with Crippen molar-refractivity contribution in [3.8, 4) is 0 Å². The first-order valence-corrected chi connectivity index (χ1v) is 9.89. The second-order valence-electron chi connectivity index (χ2n) is 6.59. The van der Waals surface area contributed by atoms with Gasteiger partial charge in [-0.15, -0.1) is 12.4 Å². The van der Waals surface area contributed by atoms with E-state index in [1.807, 2.05) is 0 Å². The van der Waals surface area contributed by atoms with E-state index in [1.54, 1.807) is 6.92 Å². The van der Waals surface area contributed by atoms with Gasteiger partial charge in [0.1, 0.15) is 6.04 Å². The number of aliphatic carboxylic acids is 1. The number of urea groups is 1. The molecule has 1 unspecified atom stereocenters. The molecule has 0 aromatic heterocycles. The lowest BCUT2D eigenvalue weighted by molar-refractivity contribution is -0.139. The SMILES string of the molecule is CCCCCCCCCCCCCCNC(=O)NC(CC)C(=O)O.Cl. The Hall–Kier alpha value is -0.970. The molecule has 0 saturated heterocycles. The van der Waals surface area contributed by atoms with Crippen LogP contribution in [0.4, 0.5) is 4.79 Å². The Balaban J connectivity index is 0. The van der Waals surface area contributed by atoms with Crippen LogP contribution in [0.15, 0.2) is 0 Å². The van der Waals surface area contributed by atoms with Crippen molar-refractivity contribution in [3.63, 3.8) is 0 Å². The summed E-state index contributed by atoms with van der Waals surface area (Å²) in [5.41, 5.74) is 0. The molecule has 150 valence electrons. The van der Waals surface area contributed by atoms with Crippen LogP contribution < -0.4 is 10.6 Å². The highest BCUT2D eigenvalue weighted by Crippen LogP contribution is 2.11. The van der Waals surface area contributed by atoms with E-state index in [2.05, 4.69) is 17.6 Å². The minimum atomic E-state index is -0.988. The van der Waals surface area contributed by atoms with Gasteiger partial charge in [0.15, 0.2) is 0 Å². The molecule has 0 aliphatic carbocycles. The molecule has 6 heteroatoms. The number of hydrogen-bond acceptors (Lipinski definition) is 2. The largest absolute Gasteiger partial charge is 0.480 e. The first-order chi connectivity index (χ1) is 11.6. The van der Waals surface area contributed by atoms with Crippen LogP contribution >= 0.6 is 12.4 Å². The van der Waals surface area contributed by atoms with Crippen molar-refractivity contribution < 1.29 is 14.7 Å². The fraction of sp³-hybridized carbons (Fsp3) is 0.895. The molecule has 0 heterocycles. The van der Waals surface area contributed by atoms with Gasteiger partial charge in [-0.1, -0.05) is 84.5 Å². The van der Waals surface area contributed by atoms with Crippen molar-refractivity contribution >= 4 is 24.4 Å². The number of amides is 2. The Morgan fingerprint density at radius 1 is 0.800 bits per heavy atom. The Morgan fingerprint density at radius 2 is 1.24 bits per heavy atom. The first kappa shape index (κ1) is 26.3. The fourth-order valence-corrected chi connectivity index (χ4v) is 2.72. The zero-order chi connectivity index (χ0) is 18.0. The summed E-state index contributed by atoms with van der Waals surface area (Å²) in [6.07, 6.45) is 15.8. The van der Waals surface area contributed by atoms with Crippen molar-refractivity contribution in [3.05, 3.63) is 0 Å². The average molecular weight is 379 g/mol. The van der Waals surface area contributed by atoms with Crippen molar-refractivity contribution in [2.75, 3.05) is 6.54 Å². The van der Waals surface area contributed by atoms with Crippen LogP contribution in [-0.2, 0) is 4.79 Å². The summed E-state index contributed by atoms with van der Waals surface area (Å²) in [7, 11) is 0. The summed E-state index contributed by atoms with van der Waals surface area (Å²) in [5.74, 6) is -0.988. The molecule has 0 aromatic rings. The smallest absolute Gasteiger partial charge is 0.326 e. The molecule has 0 rings (SSSR count). The quantitative estimate of drug-likeness (QED) is 0.320. The molecule has 1 atom stereocenters. The Bertz CT molecular complexity index is 328. The van der Waals surface area contributed by atoms with Crippen molar-refractivity contribution in [1.29, 1.82) is 0 Å². The standard InChI is InChI=1S/C19H38N2O3.ClH/c1-3-5-6-7-8-9-10-11-12-13-14-15-16-20-19(24)21-17(4-2)18(22)23;/h17H,3-16H2,1-2H3,(H,22,23)(H2,20,21,24);1H. The van der Waals surface area contributed by atoms with E-state index < -0.39 is 12.0 Å². The van der Waals surface area contributed by atoms with E-state index in [1.165, 1.54) is 64.2 Å². The maximum absolute atomic E-state index is 11.5.